The van der Waals surface area contributed by atoms with Gasteiger partial charge in [-0.25, -0.2) is 4.79 Å². The summed E-state index contributed by atoms with van der Waals surface area (Å²) < 4.78 is 40.8. The lowest BCUT2D eigenvalue weighted by molar-refractivity contribution is -0.144. The fraction of sp³-hybridized carbons (Fsp3) is 0.632. The fourth-order valence-corrected chi connectivity index (χ4v) is 6.36. The van der Waals surface area contributed by atoms with Crippen LogP contribution in [0.15, 0.2) is 42.5 Å². The molecule has 11 heteroatoms. The number of carbonyl (C=O) groups is 2. The Balaban J connectivity index is 1.58. The smallest absolute Gasteiger partial charge is 0.410 e. The summed E-state index contributed by atoms with van der Waals surface area (Å²) in [5.41, 5.74) is 3.47. The number of rotatable bonds is 16. The molecule has 0 saturated carbocycles. The van der Waals surface area contributed by atoms with E-state index >= 15 is 0 Å². The predicted octanol–water partition coefficient (Wildman–Crippen LogP) is 5.96. The van der Waals surface area contributed by atoms with E-state index in [0.29, 0.717) is 52.7 Å². The number of methoxy groups -OCH3 is 1. The van der Waals surface area contributed by atoms with Crippen LogP contribution in [0.4, 0.5) is 10.5 Å². The quantitative estimate of drug-likeness (QED) is 0.155. The topological polar surface area (TPSA) is 105 Å². The van der Waals surface area contributed by atoms with Crippen molar-refractivity contribution in [3.05, 3.63) is 59.2 Å². The van der Waals surface area contributed by atoms with Crippen LogP contribution in [0.1, 0.15) is 70.6 Å². The third-order valence-corrected chi connectivity index (χ3v) is 8.58. The molecule has 0 N–H and O–H groups in total. The van der Waals surface area contributed by atoms with Crippen molar-refractivity contribution in [1.82, 2.24) is 4.90 Å². The molecule has 0 aliphatic carbocycles. The fourth-order valence-electron chi connectivity index (χ4n) is 6.36. The van der Waals surface area contributed by atoms with Gasteiger partial charge < -0.3 is 43.0 Å². The highest BCUT2D eigenvalue weighted by Crippen LogP contribution is 2.38. The third kappa shape index (κ3) is 11.9. The van der Waals surface area contributed by atoms with Gasteiger partial charge in [-0.15, -0.1) is 0 Å². The Kier molecular flexibility index (Phi) is 14.6. The number of ether oxygens (including phenoxy) is 7. The molecule has 0 spiro atoms. The average molecular weight is 685 g/mol. The lowest BCUT2D eigenvalue weighted by Crippen LogP contribution is -2.53. The Labute approximate surface area is 292 Å². The number of nitrogens with zero attached hydrogens (tertiary/aromatic N) is 2. The van der Waals surface area contributed by atoms with Crippen molar-refractivity contribution in [2.75, 3.05) is 71.2 Å². The minimum atomic E-state index is -0.658. The molecule has 4 atom stereocenters. The standard InChI is InChI=1S/C38H56N2O9/c1-8-45-27(2)23-44-24-29-10-13-31(14-11-29)36-32(26-47-28(3)41)21-40(37(42)49-38(4,5)6)22-35(36)48-25-30-12-15-34-33(20-30)39(17-19-46-34)16-9-18-43-7/h10-15,20,27,32,35-36H,8-9,16-19,21-26H2,1-7H3/t27?,32-,35-,36-/m0/s1. The van der Waals surface area contributed by atoms with Crippen molar-refractivity contribution in [3.63, 3.8) is 0 Å². The van der Waals surface area contributed by atoms with Gasteiger partial charge >= 0.3 is 12.1 Å². The van der Waals surface area contributed by atoms with E-state index in [1.807, 2.05) is 46.8 Å². The summed E-state index contributed by atoms with van der Waals surface area (Å²) in [7, 11) is 1.72. The Morgan fingerprint density at radius 2 is 1.80 bits per heavy atom. The van der Waals surface area contributed by atoms with Crippen LogP contribution in [0, 0.1) is 5.92 Å². The molecule has 0 bridgehead atoms. The highest BCUT2D eigenvalue weighted by molar-refractivity contribution is 5.68. The van der Waals surface area contributed by atoms with Gasteiger partial charge in [0.15, 0.2) is 0 Å². The molecule has 1 saturated heterocycles. The average Bonchev–Trinajstić information content (AvgIpc) is 3.06. The second kappa shape index (κ2) is 18.6. The van der Waals surface area contributed by atoms with Gasteiger partial charge in [0.2, 0.25) is 0 Å². The number of hydrogen-bond donors (Lipinski definition) is 0. The first-order chi connectivity index (χ1) is 23.5. The van der Waals surface area contributed by atoms with E-state index in [4.69, 9.17) is 33.2 Å². The van der Waals surface area contributed by atoms with Gasteiger partial charge in [0.05, 0.1) is 57.4 Å². The molecule has 11 nitrogen and oxygen atoms in total. The molecule has 4 rings (SSSR count). The Bertz CT molecular complexity index is 1330. The first-order valence-corrected chi connectivity index (χ1v) is 17.5. The van der Waals surface area contributed by atoms with Crippen LogP contribution in [0.3, 0.4) is 0 Å². The van der Waals surface area contributed by atoms with Crippen molar-refractivity contribution in [2.24, 2.45) is 5.92 Å². The van der Waals surface area contributed by atoms with E-state index in [0.717, 1.165) is 47.6 Å². The zero-order valence-corrected chi connectivity index (χ0v) is 30.4. The molecule has 2 aromatic carbocycles. The molecular weight excluding hydrogens is 628 g/mol. The second-order valence-electron chi connectivity index (χ2n) is 13.8. The van der Waals surface area contributed by atoms with Crippen LogP contribution in [-0.2, 0) is 46.4 Å². The van der Waals surface area contributed by atoms with Crippen molar-refractivity contribution in [3.8, 4) is 5.75 Å². The Morgan fingerprint density at radius 1 is 1.04 bits per heavy atom. The summed E-state index contributed by atoms with van der Waals surface area (Å²) in [4.78, 5) is 29.4. The van der Waals surface area contributed by atoms with Crippen molar-refractivity contribution in [1.29, 1.82) is 0 Å². The highest BCUT2D eigenvalue weighted by Gasteiger charge is 2.42. The molecule has 0 aromatic heterocycles. The summed E-state index contributed by atoms with van der Waals surface area (Å²) >= 11 is 0. The highest BCUT2D eigenvalue weighted by atomic mass is 16.6. The van der Waals surface area contributed by atoms with Crippen LogP contribution >= 0.6 is 0 Å². The van der Waals surface area contributed by atoms with Gasteiger partial charge in [-0.05, 0) is 69.9 Å². The first-order valence-electron chi connectivity index (χ1n) is 17.5. The van der Waals surface area contributed by atoms with Crippen molar-refractivity contribution < 1.29 is 42.7 Å². The summed E-state index contributed by atoms with van der Waals surface area (Å²) in [5, 5.41) is 0. The third-order valence-electron chi connectivity index (χ3n) is 8.58. The zero-order valence-electron chi connectivity index (χ0n) is 30.4. The summed E-state index contributed by atoms with van der Waals surface area (Å²) in [6, 6.07) is 14.4. The maximum Gasteiger partial charge on any atom is 0.410 e. The van der Waals surface area contributed by atoms with E-state index < -0.39 is 17.8 Å². The van der Waals surface area contributed by atoms with Crippen LogP contribution in [0.25, 0.3) is 0 Å². The number of amides is 1. The van der Waals surface area contributed by atoms with Crippen LogP contribution in [-0.4, -0.2) is 101 Å². The molecule has 2 aliphatic rings. The lowest BCUT2D eigenvalue weighted by Gasteiger charge is -2.43. The molecule has 2 aromatic rings. The van der Waals surface area contributed by atoms with E-state index in [1.165, 1.54) is 6.92 Å². The van der Waals surface area contributed by atoms with Gasteiger partial charge in [-0.1, -0.05) is 30.3 Å². The molecule has 0 radical (unpaired) electrons. The molecule has 2 heterocycles. The SMILES string of the molecule is CCOC(C)COCc1ccc([C@H]2[C@H](COC(C)=O)CN(C(=O)OC(C)(C)C)C[C@@H]2OCc2ccc3c(c2)N(CCCOC)CCO3)cc1. The zero-order chi connectivity index (χ0) is 35.4. The summed E-state index contributed by atoms with van der Waals surface area (Å²) in [6.45, 7) is 16.7. The minimum Gasteiger partial charge on any atom is -0.490 e. The molecule has 1 unspecified atom stereocenters. The number of hydrogen-bond acceptors (Lipinski definition) is 10. The summed E-state index contributed by atoms with van der Waals surface area (Å²) in [6.07, 6.45) is 0.127. The number of benzene rings is 2. The first kappa shape index (κ1) is 38.4. The number of esters is 1. The lowest BCUT2D eigenvalue weighted by atomic mass is 9.78. The Hall–Kier alpha value is -3.38. The molecule has 272 valence electrons. The van der Waals surface area contributed by atoms with Gasteiger partial charge in [0.1, 0.15) is 18.0 Å². The second-order valence-corrected chi connectivity index (χ2v) is 13.8. The Morgan fingerprint density at radius 3 is 2.49 bits per heavy atom. The predicted molar refractivity (Wildman–Crippen MR) is 187 cm³/mol. The summed E-state index contributed by atoms with van der Waals surface area (Å²) in [5.74, 6) is 0.109. The van der Waals surface area contributed by atoms with E-state index in [-0.39, 0.29) is 30.5 Å². The molecule has 1 amide bonds. The van der Waals surface area contributed by atoms with Crippen molar-refractivity contribution >= 4 is 17.7 Å². The normalized spacial score (nSPS) is 19.9. The van der Waals surface area contributed by atoms with Gasteiger partial charge in [-0.2, -0.15) is 0 Å². The largest absolute Gasteiger partial charge is 0.490 e. The maximum absolute atomic E-state index is 13.4. The maximum atomic E-state index is 13.4. The number of likely N-dealkylation sites (tertiary alicyclic amines) is 1. The number of anilines is 1. The molecule has 2 aliphatic heterocycles. The van der Waals surface area contributed by atoms with E-state index in [9.17, 15) is 9.59 Å². The van der Waals surface area contributed by atoms with Crippen LogP contribution in [0.5, 0.6) is 5.75 Å². The van der Waals surface area contributed by atoms with Crippen LogP contribution in [0.2, 0.25) is 0 Å². The van der Waals surface area contributed by atoms with Gasteiger partial charge in [0, 0.05) is 52.2 Å². The molecule has 49 heavy (non-hydrogen) atoms. The van der Waals surface area contributed by atoms with E-state index in [1.54, 1.807) is 12.0 Å². The monoisotopic (exact) mass is 684 g/mol. The molecular formula is C38H56N2O9. The van der Waals surface area contributed by atoms with Gasteiger partial charge in [-0.3, -0.25) is 4.79 Å². The minimum absolute atomic E-state index is 0.0285. The van der Waals surface area contributed by atoms with Gasteiger partial charge in [0.25, 0.3) is 0 Å². The molecule has 1 fully saturated rings. The number of fused-ring (bicyclic) bond motifs is 1. The number of carbonyl (C=O) groups excluding carboxylic acids is 2. The van der Waals surface area contributed by atoms with E-state index in [2.05, 4.69) is 35.2 Å². The van der Waals surface area contributed by atoms with Crippen LogP contribution < -0.4 is 9.64 Å². The van der Waals surface area contributed by atoms with Crippen molar-refractivity contribution in [2.45, 2.75) is 84.9 Å². The number of piperidine rings is 1.